The van der Waals surface area contributed by atoms with Crippen LogP contribution in [0.2, 0.25) is 0 Å². The minimum atomic E-state index is -0.371. The van der Waals surface area contributed by atoms with Crippen molar-refractivity contribution in [2.45, 2.75) is 19.8 Å². The summed E-state index contributed by atoms with van der Waals surface area (Å²) in [6, 6.07) is 5.56. The van der Waals surface area contributed by atoms with Crippen LogP contribution in [0.5, 0.6) is 5.75 Å². The third-order valence-corrected chi connectivity index (χ3v) is 3.77. The summed E-state index contributed by atoms with van der Waals surface area (Å²) in [5.74, 6) is 0.205. The van der Waals surface area contributed by atoms with E-state index in [1.54, 1.807) is 13.2 Å². The molecule has 112 valence electrons. The second-order valence-electron chi connectivity index (χ2n) is 4.29. The van der Waals surface area contributed by atoms with Gasteiger partial charge in [0.2, 0.25) is 0 Å². The lowest BCUT2D eigenvalue weighted by molar-refractivity contribution is -0.117. The van der Waals surface area contributed by atoms with Crippen molar-refractivity contribution in [1.82, 2.24) is 5.32 Å². The van der Waals surface area contributed by atoms with Gasteiger partial charge in [0, 0.05) is 16.6 Å². The molecule has 1 aromatic rings. The highest BCUT2D eigenvalue weighted by molar-refractivity contribution is 9.11. The summed E-state index contributed by atoms with van der Waals surface area (Å²) in [5, 5.41) is 11.9. The molecule has 1 rings (SSSR count). The number of hydrogen-bond donors (Lipinski definition) is 1. The van der Waals surface area contributed by atoms with E-state index in [0.717, 1.165) is 21.8 Å². The molecule has 0 saturated carbocycles. The highest BCUT2D eigenvalue weighted by Crippen LogP contribution is 2.33. The molecule has 6 heteroatoms. The fraction of sp³-hybridized carbons (Fsp3) is 0.333. The molecule has 0 aliphatic carbocycles. The summed E-state index contributed by atoms with van der Waals surface area (Å²) in [6.07, 6.45) is 3.39. The molecule has 0 unspecified atom stereocenters. The first kappa shape index (κ1) is 17.7. The van der Waals surface area contributed by atoms with Crippen LogP contribution in [0.4, 0.5) is 0 Å². The number of halogens is 2. The number of ether oxygens (including phenoxy) is 1. The van der Waals surface area contributed by atoms with E-state index in [2.05, 4.69) is 37.2 Å². The maximum Gasteiger partial charge on any atom is 0.261 e. The molecule has 0 aliphatic heterocycles. The first-order valence-electron chi connectivity index (χ1n) is 6.46. The van der Waals surface area contributed by atoms with Crippen LogP contribution >= 0.6 is 31.9 Å². The quantitative estimate of drug-likeness (QED) is 0.433. The molecule has 1 aromatic carbocycles. The molecule has 0 heterocycles. The monoisotopic (exact) mass is 414 g/mol. The number of rotatable bonds is 6. The lowest BCUT2D eigenvalue weighted by Gasteiger charge is -2.09. The molecule has 4 nitrogen and oxygen atoms in total. The molecule has 0 fully saturated rings. The molecule has 1 amide bonds. The number of carbonyl (C=O) groups excluding carboxylic acids is 1. The fourth-order valence-electron chi connectivity index (χ4n) is 1.68. The van der Waals surface area contributed by atoms with Crippen molar-refractivity contribution in [2.75, 3.05) is 13.7 Å². The predicted octanol–water partition coefficient (Wildman–Crippen LogP) is 4.04. The van der Waals surface area contributed by atoms with Gasteiger partial charge in [-0.25, -0.2) is 0 Å². The van der Waals surface area contributed by atoms with Gasteiger partial charge in [0.05, 0.1) is 11.6 Å². The smallest absolute Gasteiger partial charge is 0.261 e. The van der Waals surface area contributed by atoms with Crippen LogP contribution in [-0.2, 0) is 4.79 Å². The third-order valence-electron chi connectivity index (χ3n) is 2.72. The van der Waals surface area contributed by atoms with Gasteiger partial charge in [-0.05, 0) is 40.6 Å². The lowest BCUT2D eigenvalue weighted by atomic mass is 10.1. The molecule has 0 radical (unpaired) electrons. The van der Waals surface area contributed by atoms with Crippen molar-refractivity contribution in [2.24, 2.45) is 0 Å². The summed E-state index contributed by atoms with van der Waals surface area (Å²) in [4.78, 5) is 12.0. The van der Waals surface area contributed by atoms with Crippen LogP contribution in [0.15, 0.2) is 26.7 Å². The Morgan fingerprint density at radius 3 is 2.76 bits per heavy atom. The Labute approximate surface area is 141 Å². The lowest BCUT2D eigenvalue weighted by Crippen LogP contribution is -2.25. The number of benzene rings is 1. The Morgan fingerprint density at radius 1 is 1.48 bits per heavy atom. The Kier molecular flexibility index (Phi) is 7.48. The van der Waals surface area contributed by atoms with Gasteiger partial charge >= 0.3 is 0 Å². The van der Waals surface area contributed by atoms with Crippen LogP contribution in [-0.4, -0.2) is 19.6 Å². The van der Waals surface area contributed by atoms with E-state index >= 15 is 0 Å². The standard InChI is InChI=1S/C15H16Br2N2O2/c1-3-4-5-19-15(20)11(9-18)6-10-7-12(16)8-13(17)14(10)21-2/h6-8H,3-5H2,1-2H3,(H,19,20)/b11-6+. The van der Waals surface area contributed by atoms with Crippen molar-refractivity contribution >= 4 is 43.8 Å². The van der Waals surface area contributed by atoms with Crippen LogP contribution < -0.4 is 10.1 Å². The molecule has 0 bridgehead atoms. The maximum absolute atomic E-state index is 12.0. The summed E-state index contributed by atoms with van der Waals surface area (Å²) >= 11 is 6.77. The van der Waals surface area contributed by atoms with Gasteiger partial charge in [-0.15, -0.1) is 0 Å². The Bertz CT molecular complexity index is 592. The zero-order chi connectivity index (χ0) is 15.8. The van der Waals surface area contributed by atoms with E-state index in [-0.39, 0.29) is 11.5 Å². The molecule has 0 atom stereocenters. The first-order valence-corrected chi connectivity index (χ1v) is 8.05. The van der Waals surface area contributed by atoms with Gasteiger partial charge in [-0.3, -0.25) is 4.79 Å². The van der Waals surface area contributed by atoms with Gasteiger partial charge < -0.3 is 10.1 Å². The first-order chi connectivity index (χ1) is 10.0. The van der Waals surface area contributed by atoms with E-state index in [0.29, 0.717) is 17.9 Å². The number of nitriles is 1. The molecule has 0 aromatic heterocycles. The van der Waals surface area contributed by atoms with Crippen molar-refractivity contribution in [3.05, 3.63) is 32.2 Å². The number of carbonyl (C=O) groups is 1. The number of hydrogen-bond acceptors (Lipinski definition) is 3. The average Bonchev–Trinajstić information content (AvgIpc) is 2.44. The highest BCUT2D eigenvalue weighted by Gasteiger charge is 2.12. The summed E-state index contributed by atoms with van der Waals surface area (Å²) in [6.45, 7) is 2.60. The molecule has 0 aliphatic rings. The van der Waals surface area contributed by atoms with E-state index in [1.807, 2.05) is 19.1 Å². The SMILES string of the molecule is CCCCNC(=O)/C(C#N)=C/c1cc(Br)cc(Br)c1OC. The van der Waals surface area contributed by atoms with E-state index in [1.165, 1.54) is 6.08 Å². The van der Waals surface area contributed by atoms with Crippen LogP contribution in [0.25, 0.3) is 6.08 Å². The predicted molar refractivity (Wildman–Crippen MR) is 89.9 cm³/mol. The summed E-state index contributed by atoms with van der Waals surface area (Å²) < 4.78 is 6.87. The summed E-state index contributed by atoms with van der Waals surface area (Å²) in [5.41, 5.74) is 0.704. The van der Waals surface area contributed by atoms with Crippen molar-refractivity contribution in [1.29, 1.82) is 5.26 Å². The number of amides is 1. The van der Waals surface area contributed by atoms with Gasteiger partial charge in [0.15, 0.2) is 0 Å². The van der Waals surface area contributed by atoms with Gasteiger partial charge in [0.25, 0.3) is 5.91 Å². The van der Waals surface area contributed by atoms with Crippen LogP contribution in [0.3, 0.4) is 0 Å². The number of methoxy groups -OCH3 is 1. The Balaban J connectivity index is 3.09. The molecular formula is C15H16Br2N2O2. The Morgan fingerprint density at radius 2 is 2.19 bits per heavy atom. The van der Waals surface area contributed by atoms with E-state index in [9.17, 15) is 10.1 Å². The molecule has 0 saturated heterocycles. The number of nitrogens with zero attached hydrogens (tertiary/aromatic N) is 1. The normalized spacial score (nSPS) is 10.9. The van der Waals surface area contributed by atoms with Crippen molar-refractivity contribution < 1.29 is 9.53 Å². The summed E-state index contributed by atoms with van der Waals surface area (Å²) in [7, 11) is 1.54. The molecule has 21 heavy (non-hydrogen) atoms. The average molecular weight is 416 g/mol. The maximum atomic E-state index is 12.0. The van der Waals surface area contributed by atoms with Crippen LogP contribution in [0.1, 0.15) is 25.3 Å². The van der Waals surface area contributed by atoms with Gasteiger partial charge in [-0.2, -0.15) is 5.26 Å². The highest BCUT2D eigenvalue weighted by atomic mass is 79.9. The van der Waals surface area contributed by atoms with Crippen LogP contribution in [0, 0.1) is 11.3 Å². The fourth-order valence-corrected chi connectivity index (χ4v) is 3.10. The molecule has 0 spiro atoms. The topological polar surface area (TPSA) is 62.1 Å². The second kappa shape index (κ2) is 8.85. The third kappa shape index (κ3) is 5.18. The zero-order valence-corrected chi connectivity index (χ0v) is 15.0. The largest absolute Gasteiger partial charge is 0.495 e. The van der Waals surface area contributed by atoms with Gasteiger partial charge in [0.1, 0.15) is 17.4 Å². The molecular weight excluding hydrogens is 400 g/mol. The number of unbranched alkanes of at least 4 members (excludes halogenated alkanes) is 1. The number of nitrogens with one attached hydrogen (secondary N) is 1. The Hall–Kier alpha value is -1.32. The molecule has 1 N–H and O–H groups in total. The van der Waals surface area contributed by atoms with Crippen molar-refractivity contribution in [3.8, 4) is 11.8 Å². The second-order valence-corrected chi connectivity index (χ2v) is 6.06. The van der Waals surface area contributed by atoms with Crippen molar-refractivity contribution in [3.63, 3.8) is 0 Å². The van der Waals surface area contributed by atoms with E-state index < -0.39 is 0 Å². The zero-order valence-electron chi connectivity index (χ0n) is 11.9. The van der Waals surface area contributed by atoms with E-state index in [4.69, 9.17) is 4.74 Å². The minimum absolute atomic E-state index is 0.0504. The minimum Gasteiger partial charge on any atom is -0.495 e. The van der Waals surface area contributed by atoms with Gasteiger partial charge in [-0.1, -0.05) is 29.3 Å².